The maximum atomic E-state index is 12.3. The molecular weight excluding hydrogens is 310 g/mol. The van der Waals surface area contributed by atoms with Crippen LogP contribution in [0.5, 0.6) is 0 Å². The summed E-state index contributed by atoms with van der Waals surface area (Å²) in [5, 5.41) is 5.01. The van der Waals surface area contributed by atoms with Crippen molar-refractivity contribution in [2.45, 2.75) is 52.1 Å². The third kappa shape index (κ3) is 5.32. The molecule has 1 aromatic heterocycles. The monoisotopic (exact) mass is 337 g/mol. The van der Waals surface area contributed by atoms with E-state index < -0.39 is 0 Å². The molecule has 1 aliphatic heterocycles. The summed E-state index contributed by atoms with van der Waals surface area (Å²) < 4.78 is 0. The van der Waals surface area contributed by atoms with Crippen LogP contribution in [0.15, 0.2) is 11.4 Å². The summed E-state index contributed by atoms with van der Waals surface area (Å²) in [6, 6.07) is 2.09. The van der Waals surface area contributed by atoms with Crippen LogP contribution < -0.4 is 11.1 Å². The lowest BCUT2D eigenvalue weighted by molar-refractivity contribution is -0.134. The van der Waals surface area contributed by atoms with Crippen molar-refractivity contribution in [3.63, 3.8) is 0 Å². The molecule has 1 aliphatic rings. The van der Waals surface area contributed by atoms with Crippen molar-refractivity contribution in [1.29, 1.82) is 0 Å². The van der Waals surface area contributed by atoms with Gasteiger partial charge in [-0.3, -0.25) is 9.59 Å². The van der Waals surface area contributed by atoms with Gasteiger partial charge in [0.2, 0.25) is 11.8 Å². The van der Waals surface area contributed by atoms with E-state index in [2.05, 4.69) is 30.6 Å². The van der Waals surface area contributed by atoms with E-state index in [9.17, 15) is 9.59 Å². The summed E-state index contributed by atoms with van der Waals surface area (Å²) in [6.45, 7) is 6.08. The molecule has 3 N–H and O–H groups in total. The first-order valence-electron chi connectivity index (χ1n) is 8.32. The zero-order chi connectivity index (χ0) is 16.8. The lowest BCUT2D eigenvalue weighted by atomic mass is 10.0. The van der Waals surface area contributed by atoms with Crippen LogP contribution in [0.3, 0.4) is 0 Å². The van der Waals surface area contributed by atoms with Gasteiger partial charge in [0.1, 0.15) is 0 Å². The minimum absolute atomic E-state index is 0.000883. The third-order valence-electron chi connectivity index (χ3n) is 4.13. The first-order chi connectivity index (χ1) is 11.0. The van der Waals surface area contributed by atoms with Gasteiger partial charge in [-0.1, -0.05) is 13.8 Å². The van der Waals surface area contributed by atoms with Crippen LogP contribution in [0.2, 0.25) is 0 Å². The Bertz CT molecular complexity index is 542. The second-order valence-corrected chi connectivity index (χ2v) is 7.56. The summed E-state index contributed by atoms with van der Waals surface area (Å²) in [5.41, 5.74) is 6.94. The van der Waals surface area contributed by atoms with Crippen LogP contribution in [0.25, 0.3) is 0 Å². The second-order valence-electron chi connectivity index (χ2n) is 6.56. The van der Waals surface area contributed by atoms with Crippen LogP contribution in [-0.2, 0) is 22.6 Å². The molecule has 2 amide bonds. The molecule has 5 nitrogen and oxygen atoms in total. The average Bonchev–Trinajstić information content (AvgIpc) is 2.98. The molecule has 0 aliphatic carbocycles. The number of amides is 2. The minimum Gasteiger partial charge on any atom is -0.352 e. The van der Waals surface area contributed by atoms with E-state index in [4.69, 9.17) is 5.73 Å². The smallest absolute Gasteiger partial charge is 0.223 e. The van der Waals surface area contributed by atoms with Crippen LogP contribution in [0.1, 0.15) is 43.6 Å². The number of carbonyl (C=O) groups excluding carboxylic acids is 2. The number of fused-ring (bicyclic) bond motifs is 1. The fourth-order valence-electron chi connectivity index (χ4n) is 2.92. The van der Waals surface area contributed by atoms with Gasteiger partial charge in [-0.2, -0.15) is 0 Å². The predicted octanol–water partition coefficient (Wildman–Crippen LogP) is 1.90. The SMILES string of the molecule is CC(C)CC(CN)NC(=O)CCC(=O)N1CCc2sccc2C1. The highest BCUT2D eigenvalue weighted by atomic mass is 32.1. The highest BCUT2D eigenvalue weighted by Crippen LogP contribution is 2.24. The van der Waals surface area contributed by atoms with E-state index >= 15 is 0 Å². The highest BCUT2D eigenvalue weighted by Gasteiger charge is 2.22. The number of hydrogen-bond donors (Lipinski definition) is 2. The van der Waals surface area contributed by atoms with Crippen molar-refractivity contribution in [3.8, 4) is 0 Å². The van der Waals surface area contributed by atoms with E-state index in [-0.39, 0.29) is 30.7 Å². The number of thiophene rings is 1. The van der Waals surface area contributed by atoms with Gasteiger partial charge in [-0.15, -0.1) is 11.3 Å². The van der Waals surface area contributed by atoms with Gasteiger partial charge >= 0.3 is 0 Å². The summed E-state index contributed by atoms with van der Waals surface area (Å²) >= 11 is 1.76. The Kier molecular flexibility index (Phi) is 6.59. The Hall–Kier alpha value is -1.40. The van der Waals surface area contributed by atoms with Crippen LogP contribution in [0.4, 0.5) is 0 Å². The fourth-order valence-corrected chi connectivity index (χ4v) is 3.81. The average molecular weight is 337 g/mol. The lowest BCUT2D eigenvalue weighted by Crippen LogP contribution is -2.41. The molecule has 128 valence electrons. The maximum absolute atomic E-state index is 12.3. The Balaban J connectivity index is 1.75. The summed E-state index contributed by atoms with van der Waals surface area (Å²) in [7, 11) is 0. The fraction of sp³-hybridized carbons (Fsp3) is 0.647. The Morgan fingerprint density at radius 2 is 2.17 bits per heavy atom. The first-order valence-corrected chi connectivity index (χ1v) is 9.20. The van der Waals surface area contributed by atoms with Gasteiger partial charge in [0, 0.05) is 43.4 Å². The highest BCUT2D eigenvalue weighted by molar-refractivity contribution is 7.10. The van der Waals surface area contributed by atoms with E-state index in [0.29, 0.717) is 19.0 Å². The van der Waals surface area contributed by atoms with Crippen LogP contribution >= 0.6 is 11.3 Å². The van der Waals surface area contributed by atoms with Gasteiger partial charge in [0.25, 0.3) is 0 Å². The topological polar surface area (TPSA) is 75.4 Å². The number of hydrogen-bond acceptors (Lipinski definition) is 4. The Labute approximate surface area is 142 Å². The number of nitrogens with zero attached hydrogens (tertiary/aromatic N) is 1. The third-order valence-corrected chi connectivity index (χ3v) is 5.15. The van der Waals surface area contributed by atoms with Gasteiger partial charge in [-0.05, 0) is 35.8 Å². The molecule has 0 spiro atoms. The summed E-state index contributed by atoms with van der Waals surface area (Å²) in [4.78, 5) is 27.5. The zero-order valence-corrected chi connectivity index (χ0v) is 14.8. The van der Waals surface area contributed by atoms with Crippen molar-refractivity contribution in [2.75, 3.05) is 13.1 Å². The van der Waals surface area contributed by atoms with Crippen molar-refractivity contribution in [3.05, 3.63) is 21.9 Å². The maximum Gasteiger partial charge on any atom is 0.223 e. The molecule has 2 rings (SSSR count). The summed E-state index contributed by atoms with van der Waals surface area (Å²) in [6.07, 6.45) is 2.29. The number of nitrogens with two attached hydrogens (primary N) is 1. The Morgan fingerprint density at radius 1 is 1.39 bits per heavy atom. The number of carbonyl (C=O) groups is 2. The summed E-state index contributed by atoms with van der Waals surface area (Å²) in [5.74, 6) is 0.464. The Morgan fingerprint density at radius 3 is 2.87 bits per heavy atom. The first kappa shape index (κ1) is 17.9. The van der Waals surface area contributed by atoms with Crippen molar-refractivity contribution < 1.29 is 9.59 Å². The molecule has 0 radical (unpaired) electrons. The molecule has 23 heavy (non-hydrogen) atoms. The van der Waals surface area contributed by atoms with Gasteiger partial charge < -0.3 is 16.0 Å². The molecule has 1 aromatic rings. The molecule has 6 heteroatoms. The standard InChI is InChI=1S/C17H27N3O2S/c1-12(2)9-14(10-18)19-16(21)3-4-17(22)20-7-5-15-13(11-20)6-8-23-15/h6,8,12,14H,3-5,7,9-11,18H2,1-2H3,(H,19,21). The molecule has 2 heterocycles. The van der Waals surface area contributed by atoms with Gasteiger partial charge in [0.15, 0.2) is 0 Å². The molecule has 0 saturated carbocycles. The normalized spacial score (nSPS) is 15.4. The molecule has 0 aromatic carbocycles. The van der Waals surface area contributed by atoms with E-state index in [0.717, 1.165) is 19.4 Å². The quantitative estimate of drug-likeness (QED) is 0.798. The van der Waals surface area contributed by atoms with Crippen molar-refractivity contribution in [1.82, 2.24) is 10.2 Å². The lowest BCUT2D eigenvalue weighted by Gasteiger charge is -2.27. The number of rotatable bonds is 7. The van der Waals surface area contributed by atoms with E-state index in [1.54, 1.807) is 11.3 Å². The zero-order valence-electron chi connectivity index (χ0n) is 14.0. The minimum atomic E-state index is -0.0809. The van der Waals surface area contributed by atoms with Gasteiger partial charge in [0.05, 0.1) is 0 Å². The van der Waals surface area contributed by atoms with Gasteiger partial charge in [-0.25, -0.2) is 0 Å². The molecule has 0 bridgehead atoms. The van der Waals surface area contributed by atoms with E-state index in [1.165, 1.54) is 10.4 Å². The van der Waals surface area contributed by atoms with E-state index in [1.807, 2.05) is 4.90 Å². The predicted molar refractivity (Wildman–Crippen MR) is 93.1 cm³/mol. The van der Waals surface area contributed by atoms with Crippen molar-refractivity contribution in [2.24, 2.45) is 11.7 Å². The molecule has 0 saturated heterocycles. The second kappa shape index (κ2) is 8.45. The molecule has 0 fully saturated rings. The molecule has 1 unspecified atom stereocenters. The van der Waals surface area contributed by atoms with Crippen LogP contribution in [-0.4, -0.2) is 35.8 Å². The number of nitrogens with one attached hydrogen (secondary N) is 1. The van der Waals surface area contributed by atoms with Crippen molar-refractivity contribution >= 4 is 23.2 Å². The van der Waals surface area contributed by atoms with Crippen LogP contribution in [0, 0.1) is 5.92 Å². The largest absolute Gasteiger partial charge is 0.352 e. The molecular formula is C17H27N3O2S. The molecule has 1 atom stereocenters.